The maximum atomic E-state index is 12.9. The fourth-order valence-electron chi connectivity index (χ4n) is 2.92. The molecule has 1 fully saturated rings. The van der Waals surface area contributed by atoms with Gasteiger partial charge >= 0.3 is 0 Å². The van der Waals surface area contributed by atoms with Crippen LogP contribution in [0.4, 0.5) is 10.8 Å². The van der Waals surface area contributed by atoms with E-state index in [4.69, 9.17) is 0 Å². The van der Waals surface area contributed by atoms with Crippen molar-refractivity contribution in [2.45, 2.75) is 16.6 Å². The Labute approximate surface area is 183 Å². The zero-order chi connectivity index (χ0) is 20.4. The molecule has 1 N–H and O–H groups in total. The second-order valence-electron chi connectivity index (χ2n) is 6.14. The number of hydrogen-bond acceptors (Lipinski definition) is 6. The molecule has 1 atom stereocenters. The Hall–Kier alpha value is -2.49. The van der Waals surface area contributed by atoms with E-state index in [-0.39, 0.29) is 24.1 Å². The summed E-state index contributed by atoms with van der Waals surface area (Å²) in [7, 11) is 0. The summed E-state index contributed by atoms with van der Waals surface area (Å²) in [5, 5.41) is 4.45. The van der Waals surface area contributed by atoms with E-state index in [0.717, 1.165) is 4.47 Å². The average Bonchev–Trinajstić information content (AvgIpc) is 3.31. The van der Waals surface area contributed by atoms with Crippen molar-refractivity contribution in [3.05, 3.63) is 70.1 Å². The number of aromatic nitrogens is 1. The number of amides is 3. The predicted molar refractivity (Wildman–Crippen MR) is 117 cm³/mol. The van der Waals surface area contributed by atoms with E-state index in [1.54, 1.807) is 60.1 Å². The van der Waals surface area contributed by atoms with E-state index < -0.39 is 5.25 Å². The molecule has 2 aromatic carbocycles. The summed E-state index contributed by atoms with van der Waals surface area (Å²) in [4.78, 5) is 44.0. The minimum atomic E-state index is -0.583. The van der Waals surface area contributed by atoms with E-state index in [2.05, 4.69) is 26.2 Å². The van der Waals surface area contributed by atoms with Crippen molar-refractivity contribution in [1.29, 1.82) is 0 Å². The number of thioether (sulfide) groups is 1. The van der Waals surface area contributed by atoms with Gasteiger partial charge in [-0.2, -0.15) is 0 Å². The summed E-state index contributed by atoms with van der Waals surface area (Å²) in [5.41, 5.74) is 0.983. The smallest absolute Gasteiger partial charge is 0.258 e. The summed E-state index contributed by atoms with van der Waals surface area (Å²) >= 11 is 5.91. The molecule has 0 saturated carbocycles. The maximum Gasteiger partial charge on any atom is 0.258 e. The fourth-order valence-corrected chi connectivity index (χ4v) is 4.89. The number of hydrogen-bond donors (Lipinski definition) is 1. The van der Waals surface area contributed by atoms with Crippen LogP contribution in [0.15, 0.2) is 69.5 Å². The van der Waals surface area contributed by atoms with Gasteiger partial charge in [0, 0.05) is 27.4 Å². The third kappa shape index (κ3) is 4.26. The Morgan fingerprint density at radius 3 is 2.66 bits per heavy atom. The number of anilines is 2. The van der Waals surface area contributed by atoms with Gasteiger partial charge in [0.2, 0.25) is 11.8 Å². The van der Waals surface area contributed by atoms with Gasteiger partial charge in [0.1, 0.15) is 0 Å². The molecule has 1 aliphatic heterocycles. The lowest BCUT2D eigenvalue weighted by Crippen LogP contribution is -2.31. The number of thiazole rings is 1. The molecule has 0 aliphatic carbocycles. The largest absolute Gasteiger partial charge is 0.298 e. The number of nitrogens with zero attached hydrogens (tertiary/aromatic N) is 2. The van der Waals surface area contributed by atoms with Crippen LogP contribution in [0.1, 0.15) is 16.8 Å². The number of rotatable bonds is 5. The van der Waals surface area contributed by atoms with Gasteiger partial charge in [-0.3, -0.25) is 19.7 Å². The van der Waals surface area contributed by atoms with Crippen molar-refractivity contribution in [3.63, 3.8) is 0 Å². The van der Waals surface area contributed by atoms with Gasteiger partial charge in [0.15, 0.2) is 5.13 Å². The molecule has 0 spiro atoms. The molecule has 1 aliphatic rings. The lowest BCUT2D eigenvalue weighted by atomic mass is 10.2. The molecule has 0 bridgehead atoms. The summed E-state index contributed by atoms with van der Waals surface area (Å²) < 4.78 is 0.867. The van der Waals surface area contributed by atoms with Gasteiger partial charge in [-0.05, 0) is 36.4 Å². The van der Waals surface area contributed by atoms with Crippen LogP contribution in [0.3, 0.4) is 0 Å². The molecule has 0 unspecified atom stereocenters. The highest BCUT2D eigenvalue weighted by Gasteiger charge is 2.40. The van der Waals surface area contributed by atoms with E-state index in [1.165, 1.54) is 28.0 Å². The van der Waals surface area contributed by atoms with Gasteiger partial charge < -0.3 is 0 Å². The second-order valence-corrected chi connectivity index (χ2v) is 9.20. The molecular weight excluding hydrogens is 474 g/mol. The Morgan fingerprint density at radius 1 is 1.17 bits per heavy atom. The van der Waals surface area contributed by atoms with Crippen LogP contribution < -0.4 is 10.2 Å². The summed E-state index contributed by atoms with van der Waals surface area (Å²) in [5.74, 6) is -0.832. The molecule has 3 aromatic rings. The van der Waals surface area contributed by atoms with E-state index in [9.17, 15) is 14.4 Å². The van der Waals surface area contributed by atoms with Gasteiger partial charge in [-0.1, -0.05) is 28.1 Å². The molecular formula is C20H14BrN3O3S2. The zero-order valence-electron chi connectivity index (χ0n) is 14.9. The first-order valence-corrected chi connectivity index (χ1v) is 11.2. The van der Waals surface area contributed by atoms with Crippen LogP contribution in [0.5, 0.6) is 0 Å². The molecule has 0 radical (unpaired) electrons. The molecule has 29 heavy (non-hydrogen) atoms. The average molecular weight is 488 g/mol. The maximum absolute atomic E-state index is 12.9. The number of halogens is 1. The van der Waals surface area contributed by atoms with Crippen LogP contribution in [-0.4, -0.2) is 28.0 Å². The first-order valence-electron chi connectivity index (χ1n) is 8.62. The highest BCUT2D eigenvalue weighted by Crippen LogP contribution is 2.36. The van der Waals surface area contributed by atoms with Crippen molar-refractivity contribution < 1.29 is 14.4 Å². The molecule has 6 nitrogen and oxygen atoms in total. The fraction of sp³-hybridized carbons (Fsp3) is 0.100. The molecule has 1 aromatic heterocycles. The van der Waals surface area contributed by atoms with Crippen molar-refractivity contribution in [2.24, 2.45) is 0 Å². The molecule has 1 saturated heterocycles. The highest BCUT2D eigenvalue weighted by atomic mass is 79.9. The Bertz CT molecular complexity index is 1070. The number of carbonyl (C=O) groups excluding carboxylic acids is 3. The Kier molecular flexibility index (Phi) is 5.79. The number of carbonyl (C=O) groups is 3. The van der Waals surface area contributed by atoms with E-state index in [1.807, 2.05) is 0 Å². The minimum Gasteiger partial charge on any atom is -0.298 e. The lowest BCUT2D eigenvalue weighted by Gasteiger charge is -2.15. The molecule has 146 valence electrons. The summed E-state index contributed by atoms with van der Waals surface area (Å²) in [6, 6.07) is 14.1. The Balaban J connectivity index is 1.54. The van der Waals surface area contributed by atoms with Gasteiger partial charge in [-0.15, -0.1) is 23.1 Å². The number of nitrogens with one attached hydrogen (secondary N) is 1. The topological polar surface area (TPSA) is 79.4 Å². The standard InChI is InChI=1S/C20H14BrN3O3S2/c21-12-5-7-13(8-6-12)24-17(25)11-16(19(24)27)29-15-4-2-1-3-14(15)18(26)23-20-22-9-10-28-20/h1-10,16H,11H2,(H,22,23,26)/t16-/m1/s1. The van der Waals surface area contributed by atoms with E-state index >= 15 is 0 Å². The minimum absolute atomic E-state index is 0.0853. The normalized spacial score (nSPS) is 16.3. The number of benzene rings is 2. The number of imide groups is 1. The van der Waals surface area contributed by atoms with Gasteiger partial charge in [-0.25, -0.2) is 9.88 Å². The van der Waals surface area contributed by atoms with Crippen molar-refractivity contribution in [2.75, 3.05) is 10.2 Å². The Morgan fingerprint density at radius 2 is 1.93 bits per heavy atom. The van der Waals surface area contributed by atoms with Crippen molar-refractivity contribution in [1.82, 2.24) is 4.98 Å². The zero-order valence-corrected chi connectivity index (χ0v) is 18.1. The van der Waals surface area contributed by atoms with Gasteiger partial charge in [0.05, 0.1) is 16.5 Å². The summed E-state index contributed by atoms with van der Waals surface area (Å²) in [6.07, 6.45) is 1.70. The van der Waals surface area contributed by atoms with Crippen LogP contribution in [-0.2, 0) is 9.59 Å². The first kappa shape index (κ1) is 19.8. The molecule has 2 heterocycles. The SMILES string of the molecule is O=C(Nc1nccs1)c1ccccc1S[C@@H]1CC(=O)N(c2ccc(Br)cc2)C1=O. The van der Waals surface area contributed by atoms with Crippen molar-refractivity contribution in [3.8, 4) is 0 Å². The van der Waals surface area contributed by atoms with Crippen LogP contribution >= 0.6 is 39.0 Å². The predicted octanol–water partition coefficient (Wildman–Crippen LogP) is 4.58. The summed E-state index contributed by atoms with van der Waals surface area (Å²) in [6.45, 7) is 0. The van der Waals surface area contributed by atoms with Crippen LogP contribution in [0, 0.1) is 0 Å². The lowest BCUT2D eigenvalue weighted by molar-refractivity contribution is -0.121. The molecule has 4 rings (SSSR count). The van der Waals surface area contributed by atoms with Crippen LogP contribution in [0.25, 0.3) is 0 Å². The highest BCUT2D eigenvalue weighted by molar-refractivity contribution is 9.10. The second kappa shape index (κ2) is 8.48. The monoisotopic (exact) mass is 487 g/mol. The quantitative estimate of drug-likeness (QED) is 0.532. The van der Waals surface area contributed by atoms with Crippen LogP contribution in [0.2, 0.25) is 0 Å². The first-order chi connectivity index (χ1) is 14.0. The molecule has 3 amide bonds. The van der Waals surface area contributed by atoms with E-state index in [0.29, 0.717) is 21.3 Å². The van der Waals surface area contributed by atoms with Gasteiger partial charge in [0.25, 0.3) is 5.91 Å². The van der Waals surface area contributed by atoms with Crippen molar-refractivity contribution >= 4 is 67.6 Å². The third-order valence-corrected chi connectivity index (χ3v) is 6.72. The molecule has 9 heteroatoms. The third-order valence-electron chi connectivity index (χ3n) is 4.24.